The largest absolute Gasteiger partial charge is 0.319 e. The van der Waals surface area contributed by atoms with E-state index in [1.165, 1.54) is 24.0 Å². The number of hydrogen-bond acceptors (Lipinski definition) is 2. The first-order valence-electron chi connectivity index (χ1n) is 8.21. The van der Waals surface area contributed by atoms with Crippen molar-refractivity contribution in [1.29, 1.82) is 0 Å². The summed E-state index contributed by atoms with van der Waals surface area (Å²) in [5.74, 6) is 1.07. The molecule has 1 aliphatic heterocycles. The molecule has 2 unspecified atom stereocenters. The number of carbonyl (C=O) groups is 1. The summed E-state index contributed by atoms with van der Waals surface area (Å²) < 4.78 is 0. The van der Waals surface area contributed by atoms with Gasteiger partial charge in [-0.15, -0.1) is 0 Å². The Balaban J connectivity index is 1.84. The van der Waals surface area contributed by atoms with Crippen LogP contribution >= 0.6 is 0 Å². The molecule has 1 saturated carbocycles. The van der Waals surface area contributed by atoms with E-state index < -0.39 is 0 Å². The lowest BCUT2D eigenvalue weighted by Gasteiger charge is -2.37. The highest BCUT2D eigenvalue weighted by Crippen LogP contribution is 2.35. The van der Waals surface area contributed by atoms with Crippen molar-refractivity contribution < 1.29 is 4.79 Å². The minimum Gasteiger partial charge on any atom is -0.319 e. The summed E-state index contributed by atoms with van der Waals surface area (Å²) in [6.45, 7) is 6.40. The van der Waals surface area contributed by atoms with Crippen molar-refractivity contribution in [1.82, 2.24) is 10.2 Å². The highest BCUT2D eigenvalue weighted by Gasteiger charge is 2.41. The van der Waals surface area contributed by atoms with E-state index in [4.69, 9.17) is 0 Å². The fourth-order valence-corrected chi connectivity index (χ4v) is 3.66. The van der Waals surface area contributed by atoms with E-state index >= 15 is 0 Å². The van der Waals surface area contributed by atoms with Gasteiger partial charge >= 0.3 is 0 Å². The SMILES string of the molecule is Cc1ccc(C2NC(C)C(=O)N2C2CCC(C)CC2)cc1. The third-order valence-electron chi connectivity index (χ3n) is 5.08. The van der Waals surface area contributed by atoms with Crippen LogP contribution in [0.5, 0.6) is 0 Å². The van der Waals surface area contributed by atoms with Gasteiger partial charge in [-0.1, -0.05) is 36.8 Å². The van der Waals surface area contributed by atoms with Crippen molar-refractivity contribution in [2.24, 2.45) is 5.92 Å². The number of benzene rings is 1. The van der Waals surface area contributed by atoms with E-state index in [9.17, 15) is 4.79 Å². The van der Waals surface area contributed by atoms with Crippen LogP contribution < -0.4 is 5.32 Å². The van der Waals surface area contributed by atoms with Gasteiger partial charge in [0.05, 0.1) is 6.04 Å². The molecule has 21 heavy (non-hydrogen) atoms. The van der Waals surface area contributed by atoms with E-state index in [1.807, 2.05) is 6.92 Å². The summed E-state index contributed by atoms with van der Waals surface area (Å²) in [5.41, 5.74) is 2.46. The van der Waals surface area contributed by atoms with E-state index in [0.29, 0.717) is 6.04 Å². The van der Waals surface area contributed by atoms with Crippen molar-refractivity contribution in [2.45, 2.75) is 64.7 Å². The Hall–Kier alpha value is -1.35. The first-order valence-corrected chi connectivity index (χ1v) is 8.21. The molecule has 2 fully saturated rings. The second kappa shape index (κ2) is 5.80. The molecule has 3 rings (SSSR count). The molecular weight excluding hydrogens is 260 g/mol. The number of amides is 1. The molecule has 1 amide bonds. The Morgan fingerprint density at radius 1 is 1.05 bits per heavy atom. The van der Waals surface area contributed by atoms with E-state index in [-0.39, 0.29) is 18.1 Å². The van der Waals surface area contributed by atoms with Crippen LogP contribution in [-0.2, 0) is 4.79 Å². The van der Waals surface area contributed by atoms with Crippen molar-refractivity contribution >= 4 is 5.91 Å². The van der Waals surface area contributed by atoms with Crippen LogP contribution in [0.25, 0.3) is 0 Å². The zero-order valence-corrected chi connectivity index (χ0v) is 13.3. The zero-order chi connectivity index (χ0) is 15.0. The van der Waals surface area contributed by atoms with Gasteiger partial charge in [0.15, 0.2) is 0 Å². The molecule has 114 valence electrons. The zero-order valence-electron chi connectivity index (χ0n) is 13.3. The molecule has 0 spiro atoms. The molecule has 1 heterocycles. The van der Waals surface area contributed by atoms with E-state index in [0.717, 1.165) is 18.8 Å². The van der Waals surface area contributed by atoms with Gasteiger partial charge in [0, 0.05) is 6.04 Å². The van der Waals surface area contributed by atoms with Gasteiger partial charge < -0.3 is 4.90 Å². The second-order valence-corrected chi connectivity index (χ2v) is 6.86. The van der Waals surface area contributed by atoms with Crippen molar-refractivity contribution in [2.75, 3.05) is 0 Å². The third-order valence-corrected chi connectivity index (χ3v) is 5.08. The standard InChI is InChI=1S/C18H26N2O/c1-12-4-8-15(9-5-12)17-19-14(3)18(21)20(17)16-10-6-13(2)7-11-16/h4-5,8-9,13-14,16-17,19H,6-7,10-11H2,1-3H3. The minimum absolute atomic E-state index is 0.0477. The van der Waals surface area contributed by atoms with Crippen LogP contribution in [0.15, 0.2) is 24.3 Å². The molecule has 2 atom stereocenters. The van der Waals surface area contributed by atoms with Gasteiger partial charge in [0.25, 0.3) is 0 Å². The van der Waals surface area contributed by atoms with Gasteiger partial charge in [-0.2, -0.15) is 0 Å². The highest BCUT2D eigenvalue weighted by atomic mass is 16.2. The maximum absolute atomic E-state index is 12.6. The Morgan fingerprint density at radius 3 is 2.29 bits per heavy atom. The molecule has 1 aromatic rings. The van der Waals surface area contributed by atoms with Gasteiger partial charge in [0.2, 0.25) is 5.91 Å². The highest BCUT2D eigenvalue weighted by molar-refractivity contribution is 5.84. The first kappa shape index (κ1) is 14.6. The maximum Gasteiger partial charge on any atom is 0.241 e. The summed E-state index contributed by atoms with van der Waals surface area (Å²) >= 11 is 0. The number of aryl methyl sites for hydroxylation is 1. The Kier molecular flexibility index (Phi) is 4.03. The second-order valence-electron chi connectivity index (χ2n) is 6.86. The predicted molar refractivity (Wildman–Crippen MR) is 84.8 cm³/mol. The molecule has 2 aliphatic rings. The smallest absolute Gasteiger partial charge is 0.241 e. The lowest BCUT2D eigenvalue weighted by atomic mass is 9.86. The quantitative estimate of drug-likeness (QED) is 0.904. The van der Waals surface area contributed by atoms with Crippen molar-refractivity contribution in [3.8, 4) is 0 Å². The van der Waals surface area contributed by atoms with Gasteiger partial charge in [0.1, 0.15) is 6.17 Å². The molecule has 0 radical (unpaired) electrons. The summed E-state index contributed by atoms with van der Waals surface area (Å²) in [6.07, 6.45) is 4.81. The molecule has 1 aliphatic carbocycles. The Labute approximate surface area is 127 Å². The molecular formula is C18H26N2O. The molecule has 1 N–H and O–H groups in total. The predicted octanol–water partition coefficient (Wildman–Crippen LogP) is 3.39. The number of rotatable bonds is 2. The number of nitrogens with zero attached hydrogens (tertiary/aromatic N) is 1. The molecule has 1 aromatic carbocycles. The lowest BCUT2D eigenvalue weighted by Crippen LogP contribution is -2.41. The monoisotopic (exact) mass is 286 g/mol. The van der Waals surface area contributed by atoms with Crippen LogP contribution in [-0.4, -0.2) is 22.9 Å². The molecule has 0 aromatic heterocycles. The summed E-state index contributed by atoms with van der Waals surface area (Å²) in [5, 5.41) is 3.47. The fourth-order valence-electron chi connectivity index (χ4n) is 3.66. The maximum atomic E-state index is 12.6. The van der Waals surface area contributed by atoms with E-state index in [1.54, 1.807) is 0 Å². The van der Waals surface area contributed by atoms with E-state index in [2.05, 4.69) is 48.3 Å². The summed E-state index contributed by atoms with van der Waals surface area (Å²) in [6, 6.07) is 8.89. The normalized spacial score (nSPS) is 33.5. The van der Waals surface area contributed by atoms with Gasteiger partial charge in [-0.25, -0.2) is 0 Å². The summed E-state index contributed by atoms with van der Waals surface area (Å²) in [4.78, 5) is 14.7. The van der Waals surface area contributed by atoms with Gasteiger partial charge in [-0.05, 0) is 51.0 Å². The van der Waals surface area contributed by atoms with Crippen molar-refractivity contribution in [3.63, 3.8) is 0 Å². The average molecular weight is 286 g/mol. The molecule has 1 saturated heterocycles. The average Bonchev–Trinajstić information content (AvgIpc) is 2.77. The molecule has 3 nitrogen and oxygen atoms in total. The minimum atomic E-state index is -0.0735. The molecule has 0 bridgehead atoms. The van der Waals surface area contributed by atoms with Crippen LogP contribution in [0.3, 0.4) is 0 Å². The van der Waals surface area contributed by atoms with Gasteiger partial charge in [-0.3, -0.25) is 10.1 Å². The number of nitrogens with one attached hydrogen (secondary N) is 1. The Bertz CT molecular complexity index is 502. The first-order chi connectivity index (χ1) is 10.1. The summed E-state index contributed by atoms with van der Waals surface area (Å²) in [7, 11) is 0. The number of hydrogen-bond donors (Lipinski definition) is 1. The van der Waals surface area contributed by atoms with Crippen LogP contribution in [0.2, 0.25) is 0 Å². The van der Waals surface area contributed by atoms with Crippen LogP contribution in [0, 0.1) is 12.8 Å². The Morgan fingerprint density at radius 2 is 1.67 bits per heavy atom. The third kappa shape index (κ3) is 2.84. The lowest BCUT2D eigenvalue weighted by molar-refractivity contribution is -0.133. The van der Waals surface area contributed by atoms with Crippen molar-refractivity contribution in [3.05, 3.63) is 35.4 Å². The fraction of sp³-hybridized carbons (Fsp3) is 0.611. The van der Waals surface area contributed by atoms with Crippen LogP contribution in [0.1, 0.15) is 56.8 Å². The number of carbonyl (C=O) groups excluding carboxylic acids is 1. The van der Waals surface area contributed by atoms with Crippen LogP contribution in [0.4, 0.5) is 0 Å². The molecule has 3 heteroatoms. The topological polar surface area (TPSA) is 32.3 Å².